The molecule has 0 unspecified atom stereocenters. The number of morpholine rings is 1. The maximum absolute atomic E-state index is 13.0. The van der Waals surface area contributed by atoms with E-state index in [1.54, 1.807) is 4.90 Å². The van der Waals surface area contributed by atoms with Gasteiger partial charge in [-0.25, -0.2) is 4.79 Å². The summed E-state index contributed by atoms with van der Waals surface area (Å²) >= 11 is 0. The van der Waals surface area contributed by atoms with Crippen LogP contribution in [0, 0.1) is 11.8 Å². The van der Waals surface area contributed by atoms with Gasteiger partial charge in [-0.1, -0.05) is 0 Å². The van der Waals surface area contributed by atoms with Crippen molar-refractivity contribution in [2.75, 3.05) is 19.8 Å². The summed E-state index contributed by atoms with van der Waals surface area (Å²) in [6, 6.07) is 0.287. The third-order valence-corrected chi connectivity index (χ3v) is 5.95. The van der Waals surface area contributed by atoms with Gasteiger partial charge in [-0.3, -0.25) is 4.79 Å². The number of hydrogen-bond donors (Lipinski definition) is 1. The molecule has 0 aromatic rings. The molecular formula is C19H32N2O4. The van der Waals surface area contributed by atoms with Crippen molar-refractivity contribution in [3.8, 4) is 0 Å². The Morgan fingerprint density at radius 3 is 2.24 bits per heavy atom. The maximum atomic E-state index is 13.0. The van der Waals surface area contributed by atoms with Gasteiger partial charge in [-0.15, -0.1) is 0 Å². The Balaban J connectivity index is 1.59. The first-order valence-electron chi connectivity index (χ1n) is 9.69. The van der Waals surface area contributed by atoms with Crippen molar-refractivity contribution >= 4 is 12.0 Å². The highest BCUT2D eigenvalue weighted by atomic mass is 16.5. The van der Waals surface area contributed by atoms with Gasteiger partial charge in [0.15, 0.2) is 0 Å². The lowest BCUT2D eigenvalue weighted by molar-refractivity contribution is -0.146. The summed E-state index contributed by atoms with van der Waals surface area (Å²) in [5, 5.41) is 9.58. The van der Waals surface area contributed by atoms with Gasteiger partial charge < -0.3 is 19.6 Å². The van der Waals surface area contributed by atoms with Crippen LogP contribution in [0.3, 0.4) is 0 Å². The van der Waals surface area contributed by atoms with Crippen molar-refractivity contribution in [3.05, 3.63) is 0 Å². The molecule has 1 saturated heterocycles. The second kappa shape index (κ2) is 7.14. The molecule has 2 saturated carbocycles. The van der Waals surface area contributed by atoms with Gasteiger partial charge in [0.1, 0.15) is 0 Å². The van der Waals surface area contributed by atoms with E-state index in [1.807, 2.05) is 20.8 Å². The molecule has 3 aliphatic rings. The summed E-state index contributed by atoms with van der Waals surface area (Å²) < 4.78 is 5.60. The number of carboxylic acid groups (broad SMARTS) is 1. The Morgan fingerprint density at radius 1 is 1.08 bits per heavy atom. The molecule has 1 N–H and O–H groups in total. The summed E-state index contributed by atoms with van der Waals surface area (Å²) in [5.41, 5.74) is -0.408. The number of hydrogen-bond acceptors (Lipinski definition) is 3. The molecular weight excluding hydrogens is 320 g/mol. The summed E-state index contributed by atoms with van der Waals surface area (Å²) in [7, 11) is 0. The number of carbonyl (C=O) groups is 2. The number of amides is 2. The van der Waals surface area contributed by atoms with Crippen molar-refractivity contribution in [3.63, 3.8) is 0 Å². The fraction of sp³-hybridized carbons (Fsp3) is 0.895. The van der Waals surface area contributed by atoms with E-state index < -0.39 is 11.6 Å². The molecule has 3 fully saturated rings. The van der Waals surface area contributed by atoms with E-state index in [0.717, 1.165) is 25.7 Å². The predicted octanol–water partition coefficient (Wildman–Crippen LogP) is 2.96. The second-order valence-electron chi connectivity index (χ2n) is 8.84. The van der Waals surface area contributed by atoms with E-state index in [-0.39, 0.29) is 23.9 Å². The minimum atomic E-state index is -0.857. The van der Waals surface area contributed by atoms with Crippen LogP contribution in [0.4, 0.5) is 4.79 Å². The van der Waals surface area contributed by atoms with Crippen LogP contribution in [-0.4, -0.2) is 64.3 Å². The lowest BCUT2D eigenvalue weighted by atomic mass is 9.83. The fourth-order valence-electron chi connectivity index (χ4n) is 4.57. The summed E-state index contributed by atoms with van der Waals surface area (Å²) in [6.45, 7) is 7.85. The Morgan fingerprint density at radius 2 is 1.72 bits per heavy atom. The highest BCUT2D eigenvalue weighted by Crippen LogP contribution is 2.38. The van der Waals surface area contributed by atoms with Gasteiger partial charge >= 0.3 is 6.09 Å². The van der Waals surface area contributed by atoms with Crippen LogP contribution >= 0.6 is 0 Å². The molecule has 1 aliphatic heterocycles. The highest BCUT2D eigenvalue weighted by Gasteiger charge is 2.42. The molecule has 142 valence electrons. The van der Waals surface area contributed by atoms with E-state index in [2.05, 4.69) is 4.90 Å². The fourth-order valence-corrected chi connectivity index (χ4v) is 4.57. The molecule has 6 heteroatoms. The van der Waals surface area contributed by atoms with Crippen molar-refractivity contribution in [1.82, 2.24) is 9.80 Å². The molecule has 0 aromatic heterocycles. The first-order chi connectivity index (χ1) is 11.8. The first kappa shape index (κ1) is 18.5. The van der Waals surface area contributed by atoms with Crippen LogP contribution in [0.15, 0.2) is 0 Å². The lowest BCUT2D eigenvalue weighted by Crippen LogP contribution is -2.54. The zero-order valence-electron chi connectivity index (χ0n) is 15.7. The first-order valence-corrected chi connectivity index (χ1v) is 9.69. The second-order valence-corrected chi connectivity index (χ2v) is 8.84. The normalized spacial score (nSPS) is 30.8. The van der Waals surface area contributed by atoms with Crippen LogP contribution in [0.5, 0.6) is 0 Å². The average Bonchev–Trinajstić information content (AvgIpc) is 3.38. The van der Waals surface area contributed by atoms with Gasteiger partial charge in [0.25, 0.3) is 0 Å². The van der Waals surface area contributed by atoms with Crippen molar-refractivity contribution < 1.29 is 19.4 Å². The molecule has 3 rings (SSSR count). The van der Waals surface area contributed by atoms with E-state index in [4.69, 9.17) is 4.74 Å². The molecule has 0 bridgehead atoms. The van der Waals surface area contributed by atoms with Crippen LogP contribution in [0.25, 0.3) is 0 Å². The Hall–Kier alpha value is -1.30. The number of ether oxygens (including phenoxy) is 1. The Kier molecular flexibility index (Phi) is 5.28. The van der Waals surface area contributed by atoms with E-state index in [0.29, 0.717) is 25.7 Å². The standard InChI is InChI=1S/C19H32N2O4/c1-19(2,3)21(18(23)24)15-8-6-14(7-9-15)17(22)20-10-11-25-12-16(20)13-4-5-13/h13-16H,4-12H2,1-3H3,(H,23,24)/t14-,15-,16-/m1/s1. The molecule has 6 nitrogen and oxygen atoms in total. The number of nitrogens with zero attached hydrogens (tertiary/aromatic N) is 2. The van der Waals surface area contributed by atoms with E-state index in [9.17, 15) is 14.7 Å². The number of rotatable bonds is 3. The molecule has 0 aromatic carbocycles. The van der Waals surface area contributed by atoms with Crippen molar-refractivity contribution in [1.29, 1.82) is 0 Å². The third kappa shape index (κ3) is 4.10. The largest absolute Gasteiger partial charge is 0.465 e. The zero-order chi connectivity index (χ0) is 18.2. The molecule has 1 heterocycles. The summed E-state index contributed by atoms with van der Waals surface area (Å²) in [4.78, 5) is 28.4. The monoisotopic (exact) mass is 352 g/mol. The van der Waals surface area contributed by atoms with Gasteiger partial charge in [0, 0.05) is 24.0 Å². The predicted molar refractivity (Wildman–Crippen MR) is 94.4 cm³/mol. The summed E-state index contributed by atoms with van der Waals surface area (Å²) in [5.74, 6) is 0.950. The number of carbonyl (C=O) groups excluding carboxylic acids is 1. The van der Waals surface area contributed by atoms with Crippen LogP contribution in [0.1, 0.15) is 59.3 Å². The third-order valence-electron chi connectivity index (χ3n) is 5.95. The van der Waals surface area contributed by atoms with Crippen LogP contribution < -0.4 is 0 Å². The van der Waals surface area contributed by atoms with Gasteiger partial charge in [0.2, 0.25) is 5.91 Å². The van der Waals surface area contributed by atoms with Gasteiger partial charge in [0.05, 0.1) is 19.3 Å². The molecule has 2 aliphatic carbocycles. The van der Waals surface area contributed by atoms with Crippen molar-refractivity contribution in [2.24, 2.45) is 11.8 Å². The minimum absolute atomic E-state index is 0.0190. The topological polar surface area (TPSA) is 70.1 Å². The SMILES string of the molecule is CC(C)(C)N(C(=O)O)[C@H]1CC[C@H](C(=O)N2CCOC[C@@H]2C2CC2)CC1. The lowest BCUT2D eigenvalue weighted by Gasteiger charge is -2.44. The molecule has 0 radical (unpaired) electrons. The molecule has 2 amide bonds. The maximum Gasteiger partial charge on any atom is 0.407 e. The molecule has 25 heavy (non-hydrogen) atoms. The minimum Gasteiger partial charge on any atom is -0.465 e. The van der Waals surface area contributed by atoms with Gasteiger partial charge in [-0.05, 0) is 65.2 Å². The average molecular weight is 352 g/mol. The Bertz CT molecular complexity index is 504. The quantitative estimate of drug-likeness (QED) is 0.848. The molecule has 1 atom stereocenters. The van der Waals surface area contributed by atoms with Gasteiger partial charge in [-0.2, -0.15) is 0 Å². The van der Waals surface area contributed by atoms with Crippen molar-refractivity contribution in [2.45, 2.75) is 76.9 Å². The Labute approximate surface area is 150 Å². The summed E-state index contributed by atoms with van der Waals surface area (Å²) in [6.07, 6.45) is 4.70. The van der Waals surface area contributed by atoms with E-state index >= 15 is 0 Å². The zero-order valence-corrected chi connectivity index (χ0v) is 15.7. The van der Waals surface area contributed by atoms with E-state index in [1.165, 1.54) is 12.8 Å². The smallest absolute Gasteiger partial charge is 0.407 e. The molecule has 0 spiro atoms. The van der Waals surface area contributed by atoms with Crippen LogP contribution in [0.2, 0.25) is 0 Å². The highest BCUT2D eigenvalue weighted by molar-refractivity contribution is 5.79. The van der Waals surface area contributed by atoms with Crippen LogP contribution in [-0.2, 0) is 9.53 Å².